The van der Waals surface area contributed by atoms with Gasteiger partial charge in [0.2, 0.25) is 0 Å². The van der Waals surface area contributed by atoms with Gasteiger partial charge in [-0.15, -0.1) is 0 Å². The molecule has 0 bridgehead atoms. The van der Waals surface area contributed by atoms with E-state index in [1.54, 1.807) is 24.3 Å². The maximum atomic E-state index is 12.1. The molecule has 0 heterocycles. The van der Waals surface area contributed by atoms with E-state index in [0.717, 1.165) is 6.42 Å². The number of carbonyl (C=O) groups is 1. The summed E-state index contributed by atoms with van der Waals surface area (Å²) in [5.41, 5.74) is 3.25. The molecular weight excluding hydrogens is 356 g/mol. The molecule has 0 saturated carbocycles. The molecule has 6 nitrogen and oxygen atoms in total. The lowest BCUT2D eigenvalue weighted by Crippen LogP contribution is -2.17. The van der Waals surface area contributed by atoms with Gasteiger partial charge in [0.25, 0.3) is 5.91 Å². The van der Waals surface area contributed by atoms with Crippen molar-refractivity contribution in [2.45, 2.75) is 20.3 Å². The second-order valence-corrected chi connectivity index (χ2v) is 6.53. The molecule has 2 rings (SSSR count). The Kier molecular flexibility index (Phi) is 6.86. The Bertz CT molecular complexity index is 766. The molecule has 1 amide bonds. The first-order chi connectivity index (χ1) is 12.4. The molecule has 2 aromatic carbocycles. The Morgan fingerprint density at radius 1 is 1.27 bits per heavy atom. The molecule has 0 fully saturated rings. The largest absolute Gasteiger partial charge is 0.504 e. The predicted molar refractivity (Wildman–Crippen MR) is 101 cm³/mol. The number of amides is 1. The van der Waals surface area contributed by atoms with Crippen LogP contribution >= 0.6 is 11.6 Å². The van der Waals surface area contributed by atoms with Crippen LogP contribution in [0.3, 0.4) is 0 Å². The van der Waals surface area contributed by atoms with Gasteiger partial charge in [0.15, 0.2) is 11.5 Å². The minimum atomic E-state index is -0.399. The van der Waals surface area contributed by atoms with Crippen molar-refractivity contribution in [2.24, 2.45) is 11.0 Å². The number of aromatic hydroxyl groups is 2. The third-order valence-electron chi connectivity index (χ3n) is 3.53. The normalized spacial score (nSPS) is 11.1. The minimum Gasteiger partial charge on any atom is -0.504 e. The molecule has 0 saturated heterocycles. The zero-order valence-corrected chi connectivity index (χ0v) is 15.3. The summed E-state index contributed by atoms with van der Waals surface area (Å²) in [5.74, 6) is 0.133. The van der Waals surface area contributed by atoms with Crippen LogP contribution in [-0.4, -0.2) is 28.9 Å². The quantitative estimate of drug-likeness (QED) is 0.388. The monoisotopic (exact) mass is 376 g/mol. The van der Waals surface area contributed by atoms with Crippen molar-refractivity contribution in [1.29, 1.82) is 0 Å². The Morgan fingerprint density at radius 3 is 2.58 bits per heavy atom. The number of carbonyl (C=O) groups excluding carboxylic acids is 1. The number of benzene rings is 2. The van der Waals surface area contributed by atoms with Crippen molar-refractivity contribution in [3.63, 3.8) is 0 Å². The van der Waals surface area contributed by atoms with Crippen LogP contribution < -0.4 is 10.2 Å². The van der Waals surface area contributed by atoms with Crippen LogP contribution in [0, 0.1) is 5.92 Å². The zero-order chi connectivity index (χ0) is 19.1. The Hall–Kier alpha value is -2.73. The highest BCUT2D eigenvalue weighted by Crippen LogP contribution is 2.33. The summed E-state index contributed by atoms with van der Waals surface area (Å²) >= 11 is 5.75. The van der Waals surface area contributed by atoms with Crippen molar-refractivity contribution < 1.29 is 19.7 Å². The number of hydrazone groups is 1. The van der Waals surface area contributed by atoms with E-state index >= 15 is 0 Å². The topological polar surface area (TPSA) is 91.2 Å². The Balaban J connectivity index is 1.91. The van der Waals surface area contributed by atoms with E-state index in [2.05, 4.69) is 24.4 Å². The van der Waals surface area contributed by atoms with Crippen molar-refractivity contribution in [2.75, 3.05) is 6.61 Å². The Morgan fingerprint density at radius 2 is 1.96 bits per heavy atom. The molecule has 0 atom stereocenters. The first-order valence-corrected chi connectivity index (χ1v) is 8.52. The molecule has 7 heteroatoms. The lowest BCUT2D eigenvalue weighted by molar-refractivity contribution is 0.0955. The SMILES string of the molecule is CC(C)CCOc1ccc(C(=O)N/N=C/c2cc(O)c(O)c(Cl)c2)cc1. The van der Waals surface area contributed by atoms with Gasteiger partial charge < -0.3 is 14.9 Å². The standard InChI is InChI=1S/C19H21ClN2O4/c1-12(2)7-8-26-15-5-3-14(4-6-15)19(25)22-21-11-13-9-16(20)18(24)17(23)10-13/h3-6,9-12,23-24H,7-8H2,1-2H3,(H,22,25)/b21-11+. The average Bonchev–Trinajstić information content (AvgIpc) is 2.59. The van der Waals surface area contributed by atoms with Crippen molar-refractivity contribution >= 4 is 23.7 Å². The highest BCUT2D eigenvalue weighted by molar-refractivity contribution is 6.32. The molecule has 3 N–H and O–H groups in total. The number of nitrogens with one attached hydrogen (secondary N) is 1. The van der Waals surface area contributed by atoms with Crippen LogP contribution in [0.5, 0.6) is 17.2 Å². The van der Waals surface area contributed by atoms with E-state index < -0.39 is 5.75 Å². The van der Waals surface area contributed by atoms with Crippen molar-refractivity contribution in [1.82, 2.24) is 5.43 Å². The number of nitrogens with zero attached hydrogens (tertiary/aromatic N) is 1. The van der Waals surface area contributed by atoms with Crippen LogP contribution in [0.4, 0.5) is 0 Å². The van der Waals surface area contributed by atoms with Gasteiger partial charge in [0.1, 0.15) is 5.75 Å². The fourth-order valence-corrected chi connectivity index (χ4v) is 2.25. The van der Waals surface area contributed by atoms with E-state index in [-0.39, 0.29) is 16.7 Å². The molecule has 0 spiro atoms. The van der Waals surface area contributed by atoms with E-state index in [1.807, 2.05) is 0 Å². The Labute approximate surface area is 157 Å². The van der Waals surface area contributed by atoms with E-state index in [1.165, 1.54) is 18.3 Å². The molecule has 2 aromatic rings. The predicted octanol–water partition coefficient (Wildman–Crippen LogP) is 3.94. The van der Waals surface area contributed by atoms with Gasteiger partial charge in [0, 0.05) is 5.56 Å². The van der Waals surface area contributed by atoms with Crippen LogP contribution in [0.15, 0.2) is 41.5 Å². The highest BCUT2D eigenvalue weighted by Gasteiger charge is 2.07. The number of phenols is 2. The molecule has 0 aromatic heterocycles. The summed E-state index contributed by atoms with van der Waals surface area (Å²) in [6.45, 7) is 4.89. The fraction of sp³-hybridized carbons (Fsp3) is 0.263. The van der Waals surface area contributed by atoms with Gasteiger partial charge in [-0.25, -0.2) is 5.43 Å². The van der Waals surface area contributed by atoms with Crippen molar-refractivity contribution in [3.05, 3.63) is 52.5 Å². The smallest absolute Gasteiger partial charge is 0.271 e. The number of rotatable bonds is 7. The summed E-state index contributed by atoms with van der Waals surface area (Å²) in [6, 6.07) is 9.46. The van der Waals surface area contributed by atoms with Crippen LogP contribution in [0.1, 0.15) is 36.2 Å². The molecule has 138 valence electrons. The lowest BCUT2D eigenvalue weighted by Gasteiger charge is -2.08. The minimum absolute atomic E-state index is 0.00849. The molecular formula is C19H21ClN2O4. The summed E-state index contributed by atoms with van der Waals surface area (Å²) in [5, 5.41) is 22.7. The summed E-state index contributed by atoms with van der Waals surface area (Å²) < 4.78 is 5.60. The first-order valence-electron chi connectivity index (χ1n) is 8.14. The summed E-state index contributed by atoms with van der Waals surface area (Å²) in [6.07, 6.45) is 2.28. The number of halogens is 1. The number of hydrogen-bond donors (Lipinski definition) is 3. The van der Waals surface area contributed by atoms with Gasteiger partial charge in [-0.2, -0.15) is 5.10 Å². The number of ether oxygens (including phenoxy) is 1. The molecule has 0 radical (unpaired) electrons. The van der Waals surface area contributed by atoms with Gasteiger partial charge in [-0.3, -0.25) is 4.79 Å². The van der Waals surface area contributed by atoms with E-state index in [0.29, 0.717) is 29.4 Å². The molecule has 26 heavy (non-hydrogen) atoms. The van der Waals surface area contributed by atoms with Crippen LogP contribution in [0.25, 0.3) is 0 Å². The second kappa shape index (κ2) is 9.10. The van der Waals surface area contributed by atoms with Gasteiger partial charge in [-0.05, 0) is 54.3 Å². The second-order valence-electron chi connectivity index (χ2n) is 6.12. The van der Waals surface area contributed by atoms with Crippen LogP contribution in [0.2, 0.25) is 5.02 Å². The lowest BCUT2D eigenvalue weighted by atomic mass is 10.1. The summed E-state index contributed by atoms with van der Waals surface area (Å²) in [7, 11) is 0. The molecule has 0 aliphatic carbocycles. The third-order valence-corrected chi connectivity index (χ3v) is 3.81. The highest BCUT2D eigenvalue weighted by atomic mass is 35.5. The van der Waals surface area contributed by atoms with Gasteiger partial charge in [0.05, 0.1) is 17.8 Å². The molecule has 0 aliphatic rings. The maximum absolute atomic E-state index is 12.1. The fourth-order valence-electron chi connectivity index (χ4n) is 2.02. The third kappa shape index (κ3) is 5.67. The maximum Gasteiger partial charge on any atom is 0.271 e. The van der Waals surface area contributed by atoms with Crippen molar-refractivity contribution in [3.8, 4) is 17.2 Å². The number of phenolic OH excluding ortho intramolecular Hbond substituents is 2. The molecule has 0 unspecified atom stereocenters. The summed E-state index contributed by atoms with van der Waals surface area (Å²) in [4.78, 5) is 12.1. The van der Waals surface area contributed by atoms with E-state index in [9.17, 15) is 15.0 Å². The zero-order valence-electron chi connectivity index (χ0n) is 14.6. The molecule has 0 aliphatic heterocycles. The number of hydrogen-bond acceptors (Lipinski definition) is 5. The first kappa shape index (κ1) is 19.6. The van der Waals surface area contributed by atoms with Gasteiger partial charge >= 0.3 is 0 Å². The van der Waals surface area contributed by atoms with Gasteiger partial charge in [-0.1, -0.05) is 25.4 Å². The van der Waals surface area contributed by atoms with Crippen LogP contribution in [-0.2, 0) is 0 Å². The average molecular weight is 377 g/mol. The van der Waals surface area contributed by atoms with E-state index in [4.69, 9.17) is 16.3 Å².